The predicted octanol–water partition coefficient (Wildman–Crippen LogP) is 6.09. The number of carbonyl (C=O) groups excluding carboxylic acids is 2. The van der Waals surface area contributed by atoms with Gasteiger partial charge in [0.05, 0.1) is 5.75 Å². The lowest BCUT2D eigenvalue weighted by Crippen LogP contribution is -2.52. The Balaban J connectivity index is 1.86. The molecule has 0 aliphatic carbocycles. The van der Waals surface area contributed by atoms with Gasteiger partial charge in [-0.1, -0.05) is 91.3 Å². The molecule has 0 bridgehead atoms. The predicted molar refractivity (Wildman–Crippen MR) is 151 cm³/mol. The number of carbonyl (C=O) groups is 2. The van der Waals surface area contributed by atoms with Crippen LogP contribution in [0.25, 0.3) is 0 Å². The van der Waals surface area contributed by atoms with Crippen LogP contribution >= 0.6 is 11.8 Å². The molecule has 0 saturated carbocycles. The number of nitrogens with one attached hydrogen (secondary N) is 1. The molecule has 0 fully saturated rings. The van der Waals surface area contributed by atoms with Crippen LogP contribution < -0.4 is 5.32 Å². The van der Waals surface area contributed by atoms with Gasteiger partial charge >= 0.3 is 0 Å². The molecule has 0 saturated heterocycles. The minimum absolute atomic E-state index is 0.0182. The minimum atomic E-state index is -0.589. The third-order valence-electron chi connectivity index (χ3n) is 6.45. The number of thioether (sulfide) groups is 1. The van der Waals surface area contributed by atoms with E-state index in [0.717, 1.165) is 28.9 Å². The molecular formula is C31H38N2O2S. The van der Waals surface area contributed by atoms with Gasteiger partial charge in [0.25, 0.3) is 0 Å². The molecule has 5 heteroatoms. The van der Waals surface area contributed by atoms with Crippen molar-refractivity contribution in [3.8, 4) is 0 Å². The van der Waals surface area contributed by atoms with Gasteiger partial charge in [0.1, 0.15) is 6.04 Å². The highest BCUT2D eigenvalue weighted by molar-refractivity contribution is 7.99. The van der Waals surface area contributed by atoms with Gasteiger partial charge in [0.15, 0.2) is 0 Å². The number of nitrogens with zero attached hydrogens (tertiary/aromatic N) is 1. The van der Waals surface area contributed by atoms with Crippen LogP contribution in [-0.2, 0) is 28.3 Å². The summed E-state index contributed by atoms with van der Waals surface area (Å²) in [6.07, 6.45) is 1.31. The normalized spacial score (nSPS) is 12.6. The Morgan fingerprint density at radius 1 is 0.917 bits per heavy atom. The summed E-state index contributed by atoms with van der Waals surface area (Å²) in [7, 11) is 0. The number of benzene rings is 3. The first-order chi connectivity index (χ1) is 17.4. The molecule has 0 aliphatic heterocycles. The molecule has 36 heavy (non-hydrogen) atoms. The van der Waals surface area contributed by atoms with Gasteiger partial charge in [-0.3, -0.25) is 9.59 Å². The maximum atomic E-state index is 13.7. The quantitative estimate of drug-likeness (QED) is 0.326. The van der Waals surface area contributed by atoms with E-state index in [2.05, 4.69) is 37.4 Å². The Morgan fingerprint density at radius 2 is 1.61 bits per heavy atom. The van der Waals surface area contributed by atoms with Crippen molar-refractivity contribution in [2.75, 3.05) is 5.75 Å². The zero-order valence-electron chi connectivity index (χ0n) is 21.9. The average molecular weight is 503 g/mol. The molecule has 3 rings (SSSR count). The Kier molecular flexibility index (Phi) is 10.6. The van der Waals surface area contributed by atoms with Gasteiger partial charge < -0.3 is 10.2 Å². The number of aryl methyl sites for hydroxylation is 2. The molecule has 0 unspecified atom stereocenters. The van der Waals surface area contributed by atoms with Crippen molar-refractivity contribution >= 4 is 23.6 Å². The largest absolute Gasteiger partial charge is 0.352 e. The summed E-state index contributed by atoms with van der Waals surface area (Å²) in [5, 5.41) is 3.13. The van der Waals surface area contributed by atoms with Gasteiger partial charge in [-0.05, 0) is 49.4 Å². The van der Waals surface area contributed by atoms with Crippen molar-refractivity contribution in [2.24, 2.45) is 0 Å². The van der Waals surface area contributed by atoms with E-state index in [4.69, 9.17) is 0 Å². The number of amides is 2. The van der Waals surface area contributed by atoms with Gasteiger partial charge in [-0.15, -0.1) is 11.8 Å². The van der Waals surface area contributed by atoms with Crippen molar-refractivity contribution < 1.29 is 9.59 Å². The van der Waals surface area contributed by atoms with Crippen LogP contribution in [0.4, 0.5) is 0 Å². The van der Waals surface area contributed by atoms with E-state index in [9.17, 15) is 9.59 Å². The topological polar surface area (TPSA) is 49.4 Å². The van der Waals surface area contributed by atoms with Crippen molar-refractivity contribution in [3.63, 3.8) is 0 Å². The number of hydrogen-bond acceptors (Lipinski definition) is 3. The number of hydrogen-bond donors (Lipinski definition) is 1. The molecule has 0 radical (unpaired) electrons. The van der Waals surface area contributed by atoms with E-state index in [-0.39, 0.29) is 17.9 Å². The molecular weight excluding hydrogens is 464 g/mol. The van der Waals surface area contributed by atoms with Crippen LogP contribution in [0.2, 0.25) is 0 Å². The minimum Gasteiger partial charge on any atom is -0.352 e. The van der Waals surface area contributed by atoms with Crippen LogP contribution in [0, 0.1) is 13.8 Å². The molecule has 0 spiro atoms. The molecule has 2 atom stereocenters. The fourth-order valence-electron chi connectivity index (χ4n) is 4.11. The molecule has 3 aromatic rings. The van der Waals surface area contributed by atoms with E-state index in [0.29, 0.717) is 18.7 Å². The molecule has 0 aromatic heterocycles. The standard InChI is InChI=1S/C31H38N2O2S/c1-5-25(4)32-31(35)29(19-26-14-7-6-8-15-26)33(20-27-16-11-12-23(2)18-27)30(34)22-36-21-28-17-10-9-13-24(28)3/h6-18,25,29H,5,19-22H2,1-4H3,(H,32,35)/t25-,29+/m0/s1. The molecule has 3 aromatic carbocycles. The Bertz CT molecular complexity index is 1130. The molecule has 2 amide bonds. The summed E-state index contributed by atoms with van der Waals surface area (Å²) >= 11 is 1.60. The highest BCUT2D eigenvalue weighted by Crippen LogP contribution is 2.20. The molecule has 190 valence electrons. The second-order valence-electron chi connectivity index (χ2n) is 9.45. The summed E-state index contributed by atoms with van der Waals surface area (Å²) in [6, 6.07) is 25.8. The maximum absolute atomic E-state index is 13.7. The van der Waals surface area contributed by atoms with Crippen LogP contribution in [0.5, 0.6) is 0 Å². The summed E-state index contributed by atoms with van der Waals surface area (Å²) in [5.41, 5.74) is 5.66. The van der Waals surface area contributed by atoms with E-state index in [1.54, 1.807) is 16.7 Å². The summed E-state index contributed by atoms with van der Waals surface area (Å²) in [4.78, 5) is 29.1. The first-order valence-electron chi connectivity index (χ1n) is 12.7. The van der Waals surface area contributed by atoms with Gasteiger partial charge in [-0.25, -0.2) is 0 Å². The molecule has 4 nitrogen and oxygen atoms in total. The monoisotopic (exact) mass is 502 g/mol. The lowest BCUT2D eigenvalue weighted by molar-refractivity contribution is -0.139. The smallest absolute Gasteiger partial charge is 0.243 e. The van der Waals surface area contributed by atoms with Crippen molar-refractivity contribution in [2.45, 2.75) is 64.9 Å². The fraction of sp³-hybridized carbons (Fsp3) is 0.355. The summed E-state index contributed by atoms with van der Waals surface area (Å²) in [6.45, 7) is 8.59. The zero-order valence-corrected chi connectivity index (χ0v) is 22.7. The highest BCUT2D eigenvalue weighted by atomic mass is 32.2. The third-order valence-corrected chi connectivity index (χ3v) is 7.42. The van der Waals surface area contributed by atoms with Crippen LogP contribution in [0.15, 0.2) is 78.9 Å². The Labute approximate surface area is 220 Å². The summed E-state index contributed by atoms with van der Waals surface area (Å²) in [5.74, 6) is 0.967. The molecule has 0 heterocycles. The Hall–Kier alpha value is -3.05. The lowest BCUT2D eigenvalue weighted by Gasteiger charge is -2.32. The van der Waals surface area contributed by atoms with E-state index in [1.807, 2.05) is 74.5 Å². The van der Waals surface area contributed by atoms with Crippen LogP contribution in [0.3, 0.4) is 0 Å². The first-order valence-corrected chi connectivity index (χ1v) is 13.8. The maximum Gasteiger partial charge on any atom is 0.243 e. The van der Waals surface area contributed by atoms with Crippen LogP contribution in [-0.4, -0.2) is 34.6 Å². The second-order valence-corrected chi connectivity index (χ2v) is 10.4. The molecule has 1 N–H and O–H groups in total. The van der Waals surface area contributed by atoms with Crippen molar-refractivity contribution in [3.05, 3.63) is 107 Å². The highest BCUT2D eigenvalue weighted by Gasteiger charge is 2.30. The van der Waals surface area contributed by atoms with E-state index < -0.39 is 6.04 Å². The fourth-order valence-corrected chi connectivity index (χ4v) is 5.09. The molecule has 0 aliphatic rings. The van der Waals surface area contributed by atoms with E-state index in [1.165, 1.54) is 11.1 Å². The first kappa shape index (κ1) is 27.5. The lowest BCUT2D eigenvalue weighted by atomic mass is 10.0. The number of rotatable bonds is 12. The van der Waals surface area contributed by atoms with Crippen LogP contribution in [0.1, 0.15) is 48.1 Å². The average Bonchev–Trinajstić information content (AvgIpc) is 2.87. The van der Waals surface area contributed by atoms with Gasteiger partial charge in [-0.2, -0.15) is 0 Å². The summed E-state index contributed by atoms with van der Waals surface area (Å²) < 4.78 is 0. The van der Waals surface area contributed by atoms with Gasteiger partial charge in [0, 0.05) is 24.8 Å². The Morgan fingerprint density at radius 3 is 2.31 bits per heavy atom. The third kappa shape index (κ3) is 8.27. The van der Waals surface area contributed by atoms with Gasteiger partial charge in [0.2, 0.25) is 11.8 Å². The zero-order chi connectivity index (χ0) is 25.9. The SMILES string of the molecule is CC[C@H](C)NC(=O)[C@@H](Cc1ccccc1)N(Cc1cccc(C)c1)C(=O)CSCc1ccccc1C. The van der Waals surface area contributed by atoms with E-state index >= 15 is 0 Å². The van der Waals surface area contributed by atoms with Crippen molar-refractivity contribution in [1.29, 1.82) is 0 Å². The second kappa shape index (κ2) is 13.9. The van der Waals surface area contributed by atoms with Crippen molar-refractivity contribution in [1.82, 2.24) is 10.2 Å².